The molecule has 0 unspecified atom stereocenters. The van der Waals surface area contributed by atoms with Crippen molar-refractivity contribution in [3.8, 4) is 6.01 Å². The van der Waals surface area contributed by atoms with Crippen molar-refractivity contribution < 1.29 is 4.74 Å². The molecule has 1 aromatic rings. The summed E-state index contributed by atoms with van der Waals surface area (Å²) in [7, 11) is 1.56. The second-order valence-electron chi connectivity index (χ2n) is 2.13. The molecule has 1 rings (SSSR count). The first kappa shape index (κ1) is 10.9. The minimum Gasteiger partial charge on any atom is -0.467 e. The van der Waals surface area contributed by atoms with E-state index in [-0.39, 0.29) is 0 Å². The van der Waals surface area contributed by atoms with Gasteiger partial charge in [0.05, 0.1) is 7.11 Å². The van der Waals surface area contributed by atoms with Crippen LogP contribution >= 0.6 is 0 Å². The highest BCUT2D eigenvalue weighted by molar-refractivity contribution is 5.15. The fourth-order valence-electron chi connectivity index (χ4n) is 0.604. The fourth-order valence-corrected chi connectivity index (χ4v) is 0.604. The van der Waals surface area contributed by atoms with Crippen molar-refractivity contribution in [3.05, 3.63) is 17.5 Å². The number of aromatic nitrogens is 2. The number of methoxy groups -OCH3 is 1. The van der Waals surface area contributed by atoms with Crippen molar-refractivity contribution in [2.24, 2.45) is 0 Å². The fraction of sp³-hybridized carbons (Fsp3) is 0.556. The van der Waals surface area contributed by atoms with Gasteiger partial charge < -0.3 is 4.74 Å². The van der Waals surface area contributed by atoms with Crippen LogP contribution in [0, 0.1) is 13.8 Å². The highest BCUT2D eigenvalue weighted by Crippen LogP contribution is 2.05. The first-order valence-electron chi connectivity index (χ1n) is 4.08. The summed E-state index contributed by atoms with van der Waals surface area (Å²) < 4.78 is 4.83. The van der Waals surface area contributed by atoms with E-state index in [0.29, 0.717) is 6.01 Å². The van der Waals surface area contributed by atoms with Gasteiger partial charge in [0.25, 0.3) is 0 Å². The molecule has 3 nitrogen and oxygen atoms in total. The number of nitrogens with zero attached hydrogens (tertiary/aromatic N) is 2. The van der Waals surface area contributed by atoms with Gasteiger partial charge in [-0.05, 0) is 19.4 Å². The highest BCUT2D eigenvalue weighted by Gasteiger charge is 1.96. The van der Waals surface area contributed by atoms with Crippen molar-refractivity contribution in [1.82, 2.24) is 9.97 Å². The van der Waals surface area contributed by atoms with Crippen LogP contribution in [0.5, 0.6) is 6.01 Å². The lowest BCUT2D eigenvalue weighted by molar-refractivity contribution is 0.378. The monoisotopic (exact) mass is 168 g/mol. The summed E-state index contributed by atoms with van der Waals surface area (Å²) in [6, 6.07) is 0.433. The second kappa shape index (κ2) is 5.52. The Kier molecular flexibility index (Phi) is 5.00. The summed E-state index contributed by atoms with van der Waals surface area (Å²) in [5, 5.41) is 0. The SMILES string of the molecule is CC.COc1ncc(C)c(C)n1. The van der Waals surface area contributed by atoms with Crippen LogP contribution in [0.1, 0.15) is 25.1 Å². The first-order chi connectivity index (χ1) is 5.74. The molecule has 0 radical (unpaired) electrons. The Bertz CT molecular complexity index is 236. The standard InChI is InChI=1S/C7H10N2O.C2H6/c1-5-4-8-7(10-3)9-6(5)2;1-2/h4H,1-3H3;1-2H3. The maximum Gasteiger partial charge on any atom is 0.316 e. The van der Waals surface area contributed by atoms with Crippen LogP contribution in [0.25, 0.3) is 0 Å². The molecule has 0 saturated heterocycles. The van der Waals surface area contributed by atoms with Crippen molar-refractivity contribution in [1.29, 1.82) is 0 Å². The van der Waals surface area contributed by atoms with Gasteiger partial charge in [0, 0.05) is 11.9 Å². The minimum absolute atomic E-state index is 0.433. The highest BCUT2D eigenvalue weighted by atomic mass is 16.5. The Morgan fingerprint density at radius 2 is 1.83 bits per heavy atom. The molecule has 0 fully saturated rings. The molecule has 68 valence electrons. The zero-order valence-electron chi connectivity index (χ0n) is 8.38. The summed E-state index contributed by atoms with van der Waals surface area (Å²) >= 11 is 0. The zero-order valence-corrected chi connectivity index (χ0v) is 8.38. The van der Waals surface area contributed by atoms with Gasteiger partial charge in [0.1, 0.15) is 0 Å². The molecule has 1 heterocycles. The van der Waals surface area contributed by atoms with E-state index in [9.17, 15) is 0 Å². The first-order valence-corrected chi connectivity index (χ1v) is 4.08. The lowest BCUT2D eigenvalue weighted by Gasteiger charge is -1.99. The van der Waals surface area contributed by atoms with Gasteiger partial charge in [-0.1, -0.05) is 13.8 Å². The number of rotatable bonds is 1. The molecule has 3 heteroatoms. The average molecular weight is 168 g/mol. The van der Waals surface area contributed by atoms with Gasteiger partial charge in [-0.2, -0.15) is 0 Å². The molecule has 0 aliphatic carbocycles. The minimum atomic E-state index is 0.433. The zero-order chi connectivity index (χ0) is 9.56. The summed E-state index contributed by atoms with van der Waals surface area (Å²) in [5.41, 5.74) is 2.05. The molecule has 12 heavy (non-hydrogen) atoms. The van der Waals surface area contributed by atoms with Crippen molar-refractivity contribution >= 4 is 0 Å². The van der Waals surface area contributed by atoms with E-state index in [1.54, 1.807) is 13.3 Å². The largest absolute Gasteiger partial charge is 0.467 e. The predicted octanol–water partition coefficient (Wildman–Crippen LogP) is 2.13. The Morgan fingerprint density at radius 3 is 2.25 bits per heavy atom. The molecule has 0 aliphatic heterocycles. The van der Waals surface area contributed by atoms with Gasteiger partial charge in [0.2, 0.25) is 0 Å². The van der Waals surface area contributed by atoms with Crippen LogP contribution in [-0.4, -0.2) is 17.1 Å². The van der Waals surface area contributed by atoms with E-state index in [1.165, 1.54) is 0 Å². The van der Waals surface area contributed by atoms with Crippen molar-refractivity contribution in [3.63, 3.8) is 0 Å². The molecule has 0 aliphatic rings. The third kappa shape index (κ3) is 2.86. The van der Waals surface area contributed by atoms with Crippen LogP contribution in [0.4, 0.5) is 0 Å². The Morgan fingerprint density at radius 1 is 1.25 bits per heavy atom. The van der Waals surface area contributed by atoms with Crippen molar-refractivity contribution in [2.45, 2.75) is 27.7 Å². The molecule has 0 N–H and O–H groups in total. The summed E-state index contributed by atoms with van der Waals surface area (Å²) in [6.45, 7) is 7.90. The van der Waals surface area contributed by atoms with Gasteiger partial charge in [-0.3, -0.25) is 0 Å². The summed E-state index contributed by atoms with van der Waals surface area (Å²) in [6.07, 6.45) is 1.75. The van der Waals surface area contributed by atoms with Gasteiger partial charge >= 0.3 is 6.01 Å². The van der Waals surface area contributed by atoms with Gasteiger partial charge in [0.15, 0.2) is 0 Å². The van der Waals surface area contributed by atoms with E-state index in [0.717, 1.165) is 11.3 Å². The van der Waals surface area contributed by atoms with Gasteiger partial charge in [-0.25, -0.2) is 9.97 Å². The predicted molar refractivity (Wildman–Crippen MR) is 49.4 cm³/mol. The molecule has 0 saturated carbocycles. The molecule has 0 atom stereocenters. The van der Waals surface area contributed by atoms with E-state index >= 15 is 0 Å². The number of hydrogen-bond donors (Lipinski definition) is 0. The van der Waals surface area contributed by atoms with Crippen LogP contribution in [0.2, 0.25) is 0 Å². The second-order valence-corrected chi connectivity index (χ2v) is 2.13. The number of ether oxygens (including phenoxy) is 1. The summed E-state index contributed by atoms with van der Waals surface area (Å²) in [4.78, 5) is 7.98. The Labute approximate surface area is 73.8 Å². The van der Waals surface area contributed by atoms with Crippen LogP contribution < -0.4 is 4.74 Å². The molecule has 0 spiro atoms. The Balaban J connectivity index is 0.000000561. The van der Waals surface area contributed by atoms with Crippen LogP contribution in [0.3, 0.4) is 0 Å². The van der Waals surface area contributed by atoms with E-state index < -0.39 is 0 Å². The maximum absolute atomic E-state index is 4.83. The van der Waals surface area contributed by atoms with E-state index in [1.807, 2.05) is 27.7 Å². The maximum atomic E-state index is 4.83. The molecule has 0 bridgehead atoms. The smallest absolute Gasteiger partial charge is 0.316 e. The quantitative estimate of drug-likeness (QED) is 0.644. The van der Waals surface area contributed by atoms with Crippen molar-refractivity contribution in [2.75, 3.05) is 7.11 Å². The number of hydrogen-bond acceptors (Lipinski definition) is 3. The normalized spacial score (nSPS) is 8.42. The molecule has 0 aromatic carbocycles. The molecular formula is C9H16N2O. The lowest BCUT2D eigenvalue weighted by Crippen LogP contribution is -1.94. The van der Waals surface area contributed by atoms with Crippen LogP contribution in [0.15, 0.2) is 6.20 Å². The van der Waals surface area contributed by atoms with E-state index in [4.69, 9.17) is 4.74 Å². The van der Waals surface area contributed by atoms with E-state index in [2.05, 4.69) is 9.97 Å². The Hall–Kier alpha value is -1.12. The third-order valence-corrected chi connectivity index (χ3v) is 1.39. The molecule has 0 amide bonds. The molecular weight excluding hydrogens is 152 g/mol. The molecule has 1 aromatic heterocycles. The summed E-state index contributed by atoms with van der Waals surface area (Å²) in [5.74, 6) is 0. The third-order valence-electron chi connectivity index (χ3n) is 1.39. The van der Waals surface area contributed by atoms with Gasteiger partial charge in [-0.15, -0.1) is 0 Å². The number of aryl methyl sites for hydroxylation is 2. The average Bonchev–Trinajstić information content (AvgIpc) is 2.13. The topological polar surface area (TPSA) is 35.0 Å². The van der Waals surface area contributed by atoms with Crippen LogP contribution in [-0.2, 0) is 0 Å². The lowest BCUT2D eigenvalue weighted by atomic mass is 10.3.